The van der Waals surface area contributed by atoms with Crippen molar-refractivity contribution in [3.05, 3.63) is 17.7 Å². The highest BCUT2D eigenvalue weighted by molar-refractivity contribution is 5.16. The van der Waals surface area contributed by atoms with E-state index in [0.29, 0.717) is 6.04 Å². The van der Waals surface area contributed by atoms with Gasteiger partial charge >= 0.3 is 0 Å². The van der Waals surface area contributed by atoms with Crippen LogP contribution >= 0.6 is 0 Å². The molecule has 0 saturated carbocycles. The number of hydrogen-bond acceptors (Lipinski definition) is 2. The van der Waals surface area contributed by atoms with Crippen molar-refractivity contribution >= 4 is 0 Å². The van der Waals surface area contributed by atoms with Crippen molar-refractivity contribution in [2.45, 2.75) is 32.9 Å². The summed E-state index contributed by atoms with van der Waals surface area (Å²) >= 11 is 0. The van der Waals surface area contributed by atoms with Gasteiger partial charge in [-0.05, 0) is 13.8 Å². The molecule has 1 aliphatic heterocycles. The molecule has 13 heavy (non-hydrogen) atoms. The number of rotatable bonds is 1. The second-order valence-corrected chi connectivity index (χ2v) is 4.06. The Bertz CT molecular complexity index is 301. The first kappa shape index (κ1) is 8.75. The molecule has 0 saturated heterocycles. The molecule has 2 heterocycles. The van der Waals surface area contributed by atoms with E-state index in [-0.39, 0.29) is 0 Å². The van der Waals surface area contributed by atoms with Crippen LogP contribution in [0.15, 0.2) is 6.33 Å². The Labute approximate surface area is 79.4 Å². The van der Waals surface area contributed by atoms with Crippen molar-refractivity contribution < 1.29 is 0 Å². The summed E-state index contributed by atoms with van der Waals surface area (Å²) in [5.74, 6) is 0. The molecular weight excluding hydrogens is 162 g/mol. The zero-order valence-electron chi connectivity index (χ0n) is 8.62. The van der Waals surface area contributed by atoms with Crippen LogP contribution in [0.5, 0.6) is 0 Å². The van der Waals surface area contributed by atoms with E-state index in [4.69, 9.17) is 0 Å². The average molecular weight is 179 g/mol. The SMILES string of the molecule is CC(C)N1CCc2ncn(C)c2C1. The monoisotopic (exact) mass is 179 g/mol. The Morgan fingerprint density at radius 3 is 2.92 bits per heavy atom. The first-order chi connectivity index (χ1) is 6.18. The number of nitrogens with zero attached hydrogens (tertiary/aromatic N) is 3. The molecule has 0 unspecified atom stereocenters. The highest BCUT2D eigenvalue weighted by Gasteiger charge is 2.21. The molecule has 72 valence electrons. The fourth-order valence-electron chi connectivity index (χ4n) is 1.88. The van der Waals surface area contributed by atoms with Gasteiger partial charge in [0.15, 0.2) is 0 Å². The lowest BCUT2D eigenvalue weighted by Crippen LogP contribution is -2.36. The first-order valence-corrected chi connectivity index (χ1v) is 4.91. The summed E-state index contributed by atoms with van der Waals surface area (Å²) in [6.45, 7) is 6.72. The zero-order valence-corrected chi connectivity index (χ0v) is 8.62. The van der Waals surface area contributed by atoms with Gasteiger partial charge in [0.05, 0.1) is 17.7 Å². The smallest absolute Gasteiger partial charge is 0.0949 e. The van der Waals surface area contributed by atoms with Crippen molar-refractivity contribution in [1.29, 1.82) is 0 Å². The molecule has 0 N–H and O–H groups in total. The molecule has 1 aromatic heterocycles. The number of aryl methyl sites for hydroxylation is 1. The third kappa shape index (κ3) is 1.48. The zero-order chi connectivity index (χ0) is 9.42. The lowest BCUT2D eigenvalue weighted by Gasteiger charge is -2.30. The maximum atomic E-state index is 4.39. The molecule has 0 amide bonds. The van der Waals surface area contributed by atoms with Gasteiger partial charge in [-0.1, -0.05) is 0 Å². The van der Waals surface area contributed by atoms with Gasteiger partial charge in [0.25, 0.3) is 0 Å². The van der Waals surface area contributed by atoms with E-state index in [9.17, 15) is 0 Å². The van der Waals surface area contributed by atoms with Crippen LogP contribution in [-0.4, -0.2) is 27.0 Å². The molecule has 1 aromatic rings. The van der Waals surface area contributed by atoms with Gasteiger partial charge in [-0.25, -0.2) is 4.98 Å². The van der Waals surface area contributed by atoms with E-state index in [1.165, 1.54) is 11.4 Å². The summed E-state index contributed by atoms with van der Waals surface area (Å²) in [5, 5.41) is 0. The Kier molecular flexibility index (Phi) is 2.12. The van der Waals surface area contributed by atoms with Crippen LogP contribution in [-0.2, 0) is 20.0 Å². The van der Waals surface area contributed by atoms with Gasteiger partial charge in [-0.2, -0.15) is 0 Å². The van der Waals surface area contributed by atoms with Crippen molar-refractivity contribution in [1.82, 2.24) is 14.5 Å². The van der Waals surface area contributed by atoms with E-state index in [1.807, 2.05) is 6.33 Å². The molecule has 2 rings (SSSR count). The van der Waals surface area contributed by atoms with Crippen LogP contribution in [0.2, 0.25) is 0 Å². The molecule has 0 aromatic carbocycles. The molecule has 3 heteroatoms. The molecule has 0 radical (unpaired) electrons. The molecule has 0 aliphatic carbocycles. The minimum Gasteiger partial charge on any atom is -0.336 e. The predicted octanol–water partition coefficient (Wildman–Crippen LogP) is 1.19. The van der Waals surface area contributed by atoms with Crippen molar-refractivity contribution in [2.24, 2.45) is 7.05 Å². The summed E-state index contributed by atoms with van der Waals surface area (Å²) < 4.78 is 2.14. The van der Waals surface area contributed by atoms with Gasteiger partial charge in [0.2, 0.25) is 0 Å². The number of hydrogen-bond donors (Lipinski definition) is 0. The van der Waals surface area contributed by atoms with E-state index in [0.717, 1.165) is 19.5 Å². The second kappa shape index (κ2) is 3.14. The molecule has 0 fully saturated rings. The standard InChI is InChI=1S/C10H17N3/c1-8(2)13-5-4-9-10(6-13)12(3)7-11-9/h7-8H,4-6H2,1-3H3. The summed E-state index contributed by atoms with van der Waals surface area (Å²) in [7, 11) is 2.08. The van der Waals surface area contributed by atoms with Gasteiger partial charge in [0, 0.05) is 32.6 Å². The molecule has 1 aliphatic rings. The maximum Gasteiger partial charge on any atom is 0.0949 e. The van der Waals surface area contributed by atoms with E-state index in [1.54, 1.807) is 0 Å². The summed E-state index contributed by atoms with van der Waals surface area (Å²) in [6, 6.07) is 0.642. The maximum absolute atomic E-state index is 4.39. The Balaban J connectivity index is 2.22. The Morgan fingerprint density at radius 1 is 1.46 bits per heavy atom. The lowest BCUT2D eigenvalue weighted by molar-refractivity contribution is 0.197. The number of fused-ring (bicyclic) bond motifs is 1. The van der Waals surface area contributed by atoms with Crippen LogP contribution in [0.4, 0.5) is 0 Å². The lowest BCUT2D eigenvalue weighted by atomic mass is 10.1. The number of aromatic nitrogens is 2. The fourth-order valence-corrected chi connectivity index (χ4v) is 1.88. The van der Waals surface area contributed by atoms with Gasteiger partial charge in [-0.15, -0.1) is 0 Å². The van der Waals surface area contributed by atoms with Crippen molar-refractivity contribution in [2.75, 3.05) is 6.54 Å². The molecule has 0 spiro atoms. The largest absolute Gasteiger partial charge is 0.336 e. The predicted molar refractivity (Wildman–Crippen MR) is 52.5 cm³/mol. The van der Waals surface area contributed by atoms with E-state index >= 15 is 0 Å². The fraction of sp³-hybridized carbons (Fsp3) is 0.700. The van der Waals surface area contributed by atoms with Crippen LogP contribution in [0.1, 0.15) is 25.2 Å². The van der Waals surface area contributed by atoms with Crippen molar-refractivity contribution in [3.8, 4) is 0 Å². The average Bonchev–Trinajstić information content (AvgIpc) is 2.47. The summed E-state index contributed by atoms with van der Waals surface area (Å²) in [5.41, 5.74) is 2.68. The Morgan fingerprint density at radius 2 is 2.23 bits per heavy atom. The molecule has 3 nitrogen and oxygen atoms in total. The first-order valence-electron chi connectivity index (χ1n) is 4.91. The minimum atomic E-state index is 0.642. The Hall–Kier alpha value is -0.830. The van der Waals surface area contributed by atoms with Gasteiger partial charge in [-0.3, -0.25) is 4.90 Å². The second-order valence-electron chi connectivity index (χ2n) is 4.06. The highest BCUT2D eigenvalue weighted by atomic mass is 15.2. The third-order valence-corrected chi connectivity index (χ3v) is 2.86. The number of imidazole rings is 1. The molecule has 0 bridgehead atoms. The van der Waals surface area contributed by atoms with Crippen LogP contribution in [0, 0.1) is 0 Å². The normalized spacial score (nSPS) is 17.8. The van der Waals surface area contributed by atoms with E-state index in [2.05, 4.69) is 35.3 Å². The van der Waals surface area contributed by atoms with Crippen LogP contribution in [0.3, 0.4) is 0 Å². The summed E-state index contributed by atoms with van der Waals surface area (Å²) in [4.78, 5) is 6.88. The van der Waals surface area contributed by atoms with Gasteiger partial charge < -0.3 is 4.57 Å². The minimum absolute atomic E-state index is 0.642. The topological polar surface area (TPSA) is 21.1 Å². The molecule has 0 atom stereocenters. The van der Waals surface area contributed by atoms with Gasteiger partial charge in [0.1, 0.15) is 0 Å². The third-order valence-electron chi connectivity index (χ3n) is 2.86. The quantitative estimate of drug-likeness (QED) is 0.645. The van der Waals surface area contributed by atoms with Crippen LogP contribution in [0.25, 0.3) is 0 Å². The highest BCUT2D eigenvalue weighted by Crippen LogP contribution is 2.18. The van der Waals surface area contributed by atoms with Crippen molar-refractivity contribution in [3.63, 3.8) is 0 Å². The molecular formula is C10H17N3. The van der Waals surface area contributed by atoms with E-state index < -0.39 is 0 Å². The summed E-state index contributed by atoms with van der Waals surface area (Å²) in [6.07, 6.45) is 3.03. The van der Waals surface area contributed by atoms with Crippen LogP contribution < -0.4 is 0 Å².